The van der Waals surface area contributed by atoms with E-state index < -0.39 is 26.6 Å². The smallest absolute Gasteiger partial charge is 0.248 e. The highest BCUT2D eigenvalue weighted by molar-refractivity contribution is 7.89. The molecule has 1 aromatic heterocycles. The zero-order valence-corrected chi connectivity index (χ0v) is 15.2. The predicted octanol–water partition coefficient (Wildman–Crippen LogP) is 3.46. The van der Waals surface area contributed by atoms with Crippen molar-refractivity contribution in [3.05, 3.63) is 65.0 Å². The summed E-state index contributed by atoms with van der Waals surface area (Å²) in [6.45, 7) is -0.0133. The summed E-state index contributed by atoms with van der Waals surface area (Å²) in [5.74, 6) is -2.02. The fourth-order valence-corrected chi connectivity index (χ4v) is 4.62. The van der Waals surface area contributed by atoms with E-state index in [4.69, 9.17) is 16.1 Å². The van der Waals surface area contributed by atoms with Gasteiger partial charge in [-0.15, -0.1) is 0 Å². The first kappa shape index (κ1) is 18.0. The van der Waals surface area contributed by atoms with Gasteiger partial charge in [-0.1, -0.05) is 35.0 Å². The van der Waals surface area contributed by atoms with Gasteiger partial charge in [0.05, 0.1) is 5.92 Å². The van der Waals surface area contributed by atoms with Gasteiger partial charge in [0.1, 0.15) is 11.6 Å². The minimum Gasteiger partial charge on any atom is -0.339 e. The van der Waals surface area contributed by atoms with Crippen molar-refractivity contribution in [2.75, 3.05) is 13.1 Å². The maximum atomic E-state index is 13.8. The van der Waals surface area contributed by atoms with Gasteiger partial charge in [0.2, 0.25) is 21.7 Å². The Hall–Kier alpha value is -2.36. The Morgan fingerprint density at radius 3 is 2.44 bits per heavy atom. The summed E-state index contributed by atoms with van der Waals surface area (Å²) in [7, 11) is -4.28. The maximum Gasteiger partial charge on any atom is 0.248 e. The van der Waals surface area contributed by atoms with Crippen LogP contribution in [0.2, 0.25) is 5.02 Å². The Balaban J connectivity index is 1.52. The van der Waals surface area contributed by atoms with Crippen molar-refractivity contribution in [3.63, 3.8) is 0 Å². The number of halogens is 3. The Bertz CT molecular complexity index is 1090. The molecule has 0 amide bonds. The molecule has 0 spiro atoms. The van der Waals surface area contributed by atoms with E-state index in [-0.39, 0.29) is 24.9 Å². The highest BCUT2D eigenvalue weighted by Gasteiger charge is 2.42. The van der Waals surface area contributed by atoms with Crippen LogP contribution in [-0.4, -0.2) is 36.0 Å². The van der Waals surface area contributed by atoms with Gasteiger partial charge in [-0.3, -0.25) is 0 Å². The fourth-order valence-electron chi connectivity index (χ4n) is 2.79. The van der Waals surface area contributed by atoms with Crippen LogP contribution in [0.3, 0.4) is 0 Å². The second kappa shape index (κ2) is 6.66. The van der Waals surface area contributed by atoms with Crippen LogP contribution < -0.4 is 0 Å². The van der Waals surface area contributed by atoms with Crippen molar-refractivity contribution in [3.8, 4) is 11.4 Å². The van der Waals surface area contributed by atoms with E-state index in [0.717, 1.165) is 22.5 Å². The lowest BCUT2D eigenvalue weighted by molar-refractivity contribution is 0.215. The molecule has 4 rings (SSSR count). The summed E-state index contributed by atoms with van der Waals surface area (Å²) in [6.07, 6.45) is 0. The second-order valence-electron chi connectivity index (χ2n) is 6.04. The molecule has 1 aliphatic rings. The summed E-state index contributed by atoms with van der Waals surface area (Å²) in [6, 6.07) is 9.81. The SMILES string of the molecule is O=S(=O)(c1c(F)cccc1F)N1CC(c2nc(-c3cccc(Cl)c3)no2)C1. The normalized spacial score (nSPS) is 15.7. The third-order valence-electron chi connectivity index (χ3n) is 4.24. The molecule has 1 aliphatic heterocycles. The van der Waals surface area contributed by atoms with Crippen molar-refractivity contribution < 1.29 is 21.7 Å². The molecule has 0 bridgehead atoms. The Morgan fingerprint density at radius 1 is 1.11 bits per heavy atom. The molecule has 0 unspecified atom stereocenters. The molecule has 0 radical (unpaired) electrons. The number of benzene rings is 2. The number of nitrogens with zero attached hydrogens (tertiary/aromatic N) is 3. The maximum absolute atomic E-state index is 13.8. The third-order valence-corrected chi connectivity index (χ3v) is 6.36. The zero-order chi connectivity index (χ0) is 19.2. The van der Waals surface area contributed by atoms with E-state index in [2.05, 4.69) is 10.1 Å². The molecule has 140 valence electrons. The quantitative estimate of drug-likeness (QED) is 0.657. The standard InChI is InChI=1S/C17H12ClF2N3O3S/c18-12-4-1-3-10(7-12)16-21-17(26-22-16)11-8-23(9-11)27(24,25)15-13(19)5-2-6-14(15)20/h1-7,11H,8-9H2. The van der Waals surface area contributed by atoms with Crippen molar-refractivity contribution in [2.24, 2.45) is 0 Å². The van der Waals surface area contributed by atoms with Gasteiger partial charge in [-0.05, 0) is 24.3 Å². The lowest BCUT2D eigenvalue weighted by Gasteiger charge is -2.35. The number of aromatic nitrogens is 2. The van der Waals surface area contributed by atoms with Crippen LogP contribution in [0.15, 0.2) is 51.9 Å². The van der Waals surface area contributed by atoms with E-state index in [1.54, 1.807) is 24.3 Å². The van der Waals surface area contributed by atoms with Crippen LogP contribution in [-0.2, 0) is 10.0 Å². The minimum absolute atomic E-state index is 0.00666. The molecule has 27 heavy (non-hydrogen) atoms. The number of sulfonamides is 1. The molecule has 0 N–H and O–H groups in total. The molecule has 10 heteroatoms. The van der Waals surface area contributed by atoms with Gasteiger partial charge < -0.3 is 4.52 Å². The topological polar surface area (TPSA) is 76.3 Å². The summed E-state index contributed by atoms with van der Waals surface area (Å²) >= 11 is 5.93. The largest absolute Gasteiger partial charge is 0.339 e. The van der Waals surface area contributed by atoms with E-state index >= 15 is 0 Å². The highest BCUT2D eigenvalue weighted by Crippen LogP contribution is 2.33. The number of rotatable bonds is 4. The second-order valence-corrected chi connectivity index (χ2v) is 8.35. The molecular formula is C17H12ClF2N3O3S. The van der Waals surface area contributed by atoms with E-state index in [9.17, 15) is 17.2 Å². The first-order chi connectivity index (χ1) is 12.9. The Kier molecular flexibility index (Phi) is 4.45. The molecular weight excluding hydrogens is 400 g/mol. The monoisotopic (exact) mass is 411 g/mol. The van der Waals surface area contributed by atoms with Gasteiger partial charge in [0.25, 0.3) is 0 Å². The number of hydrogen-bond donors (Lipinski definition) is 0. The number of hydrogen-bond acceptors (Lipinski definition) is 5. The van der Waals surface area contributed by atoms with Crippen molar-refractivity contribution in [2.45, 2.75) is 10.8 Å². The molecule has 0 saturated carbocycles. The van der Waals surface area contributed by atoms with Crippen molar-refractivity contribution in [1.82, 2.24) is 14.4 Å². The van der Waals surface area contributed by atoms with Gasteiger partial charge in [0, 0.05) is 23.7 Å². The van der Waals surface area contributed by atoms with Crippen LogP contribution >= 0.6 is 11.6 Å². The summed E-state index contributed by atoms with van der Waals surface area (Å²) < 4.78 is 58.7. The first-order valence-electron chi connectivity index (χ1n) is 7.90. The predicted molar refractivity (Wildman–Crippen MR) is 92.6 cm³/mol. The Labute approximate surface area is 158 Å². The lowest BCUT2D eigenvalue weighted by Crippen LogP contribution is -2.48. The van der Waals surface area contributed by atoms with Crippen LogP contribution in [0.4, 0.5) is 8.78 Å². The Morgan fingerprint density at radius 2 is 1.78 bits per heavy atom. The fraction of sp³-hybridized carbons (Fsp3) is 0.176. The van der Waals surface area contributed by atoms with Gasteiger partial charge in [0.15, 0.2) is 4.90 Å². The minimum atomic E-state index is -4.28. The molecule has 0 atom stereocenters. The summed E-state index contributed by atoms with van der Waals surface area (Å²) in [4.78, 5) is 3.31. The van der Waals surface area contributed by atoms with E-state index in [1.165, 1.54) is 0 Å². The summed E-state index contributed by atoms with van der Waals surface area (Å²) in [5.41, 5.74) is 0.662. The van der Waals surface area contributed by atoms with Gasteiger partial charge >= 0.3 is 0 Å². The van der Waals surface area contributed by atoms with Crippen LogP contribution in [0.1, 0.15) is 11.8 Å². The molecule has 3 aromatic rings. The molecule has 1 saturated heterocycles. The molecule has 1 fully saturated rings. The molecule has 2 aromatic carbocycles. The van der Waals surface area contributed by atoms with Crippen molar-refractivity contribution in [1.29, 1.82) is 0 Å². The molecule has 6 nitrogen and oxygen atoms in total. The average molecular weight is 412 g/mol. The summed E-state index contributed by atoms with van der Waals surface area (Å²) in [5, 5.41) is 4.39. The van der Waals surface area contributed by atoms with E-state index in [1.807, 2.05) is 0 Å². The van der Waals surface area contributed by atoms with Crippen molar-refractivity contribution >= 4 is 21.6 Å². The van der Waals surface area contributed by atoms with Crippen LogP contribution in [0, 0.1) is 11.6 Å². The van der Waals surface area contributed by atoms with E-state index in [0.29, 0.717) is 16.4 Å². The lowest BCUT2D eigenvalue weighted by atomic mass is 10.0. The van der Waals surface area contributed by atoms with Gasteiger partial charge in [-0.25, -0.2) is 17.2 Å². The molecule has 2 heterocycles. The third kappa shape index (κ3) is 3.22. The highest BCUT2D eigenvalue weighted by atomic mass is 35.5. The van der Waals surface area contributed by atoms with Crippen LogP contribution in [0.5, 0.6) is 0 Å². The molecule has 0 aliphatic carbocycles. The van der Waals surface area contributed by atoms with Crippen LogP contribution in [0.25, 0.3) is 11.4 Å². The zero-order valence-electron chi connectivity index (χ0n) is 13.6. The van der Waals surface area contributed by atoms with Gasteiger partial charge in [-0.2, -0.15) is 9.29 Å². The first-order valence-corrected chi connectivity index (χ1v) is 9.72. The average Bonchev–Trinajstić information content (AvgIpc) is 3.02.